The van der Waals surface area contributed by atoms with E-state index >= 15 is 0 Å². The van der Waals surface area contributed by atoms with Gasteiger partial charge >= 0.3 is 6.03 Å². The van der Waals surface area contributed by atoms with Gasteiger partial charge in [-0.1, -0.05) is 65.0 Å². The third-order valence-corrected chi connectivity index (χ3v) is 11.2. The van der Waals surface area contributed by atoms with Crippen molar-refractivity contribution in [1.29, 1.82) is 0 Å². The number of aliphatic hydroxyl groups is 1. The molecule has 11 nitrogen and oxygen atoms in total. The van der Waals surface area contributed by atoms with Gasteiger partial charge in [-0.15, -0.1) is 11.3 Å². The molecule has 3 aromatic rings. The maximum Gasteiger partial charge on any atom is 0.321 e. The van der Waals surface area contributed by atoms with Gasteiger partial charge in [-0.05, 0) is 60.9 Å². The molecule has 0 unspecified atom stereocenters. The molecule has 1 saturated heterocycles. The summed E-state index contributed by atoms with van der Waals surface area (Å²) in [5.41, 5.74) is 2.17. The van der Waals surface area contributed by atoms with Crippen LogP contribution in [0.15, 0.2) is 58.8 Å². The Morgan fingerprint density at radius 3 is 2.40 bits per heavy atom. The van der Waals surface area contributed by atoms with Crippen molar-refractivity contribution in [3.63, 3.8) is 0 Å². The lowest BCUT2D eigenvalue weighted by molar-refractivity contribution is -0.128. The summed E-state index contributed by atoms with van der Waals surface area (Å²) in [7, 11) is -4.07. The zero-order valence-electron chi connectivity index (χ0n) is 28.7. The number of amides is 3. The van der Waals surface area contributed by atoms with Gasteiger partial charge in [0, 0.05) is 31.6 Å². The molecule has 2 aromatic carbocycles. The van der Waals surface area contributed by atoms with E-state index in [4.69, 9.17) is 0 Å². The molecule has 4 rings (SSSR count). The number of rotatable bonds is 16. The van der Waals surface area contributed by atoms with Crippen LogP contribution < -0.4 is 5.32 Å². The van der Waals surface area contributed by atoms with Crippen LogP contribution in [0.3, 0.4) is 0 Å². The van der Waals surface area contributed by atoms with Crippen molar-refractivity contribution < 1.29 is 28.2 Å². The van der Waals surface area contributed by atoms with E-state index in [1.54, 1.807) is 9.80 Å². The van der Waals surface area contributed by atoms with E-state index in [9.17, 15) is 28.2 Å². The molecule has 3 N–H and O–H groups in total. The predicted octanol–water partition coefficient (Wildman–Crippen LogP) is 4.42. The number of phenols is 1. The maximum atomic E-state index is 14.1. The molecule has 0 aliphatic carbocycles. The van der Waals surface area contributed by atoms with Gasteiger partial charge in [0.2, 0.25) is 15.9 Å². The third-order valence-electron chi connectivity index (χ3n) is 8.50. The van der Waals surface area contributed by atoms with Crippen molar-refractivity contribution in [2.45, 2.75) is 84.0 Å². The van der Waals surface area contributed by atoms with E-state index < -0.39 is 34.1 Å². The van der Waals surface area contributed by atoms with Crippen LogP contribution in [0, 0.1) is 18.8 Å². The van der Waals surface area contributed by atoms with Gasteiger partial charge in [0.05, 0.1) is 34.3 Å². The molecule has 0 spiro atoms. The summed E-state index contributed by atoms with van der Waals surface area (Å²) in [4.78, 5) is 35.4. The standard InChI is InChI=1S/C35H49N5O6S2/c1-7-27-18-29(13-14-31(27)41)48(45,46)39(19-23(2)3)21-32(42)30(17-26-11-9-8-10-12-26)37-34(43)33(24(4)5)40-16-15-38(35(40)44)20-28-22-47-25(6)36-28/h8-14,18,22-24,30,32-33,41-42H,7,15-17,19-21H2,1-6H3,(H,37,43)/t30-,32+,33-/m0/s1. The number of aryl methyl sites for hydroxylation is 2. The van der Waals surface area contributed by atoms with Gasteiger partial charge in [0.15, 0.2) is 0 Å². The number of benzene rings is 2. The third kappa shape index (κ3) is 9.13. The summed E-state index contributed by atoms with van der Waals surface area (Å²) >= 11 is 1.52. The Balaban J connectivity index is 1.58. The van der Waals surface area contributed by atoms with Crippen molar-refractivity contribution in [2.75, 3.05) is 26.2 Å². The van der Waals surface area contributed by atoms with Crippen LogP contribution in [0.4, 0.5) is 4.79 Å². The second kappa shape index (κ2) is 16.3. The SMILES string of the molecule is CCc1cc(S(=O)(=O)N(CC(C)C)C[C@@H](O)[C@H](Cc2ccccc2)NC(=O)[C@H](C(C)C)N2CCN(Cc3csc(C)n3)C2=O)ccc1O. The Kier molecular flexibility index (Phi) is 12.6. The average Bonchev–Trinajstić information content (AvgIpc) is 3.61. The van der Waals surface area contributed by atoms with Crippen LogP contribution in [0.5, 0.6) is 5.75 Å². The molecule has 3 amide bonds. The molecule has 1 aliphatic heterocycles. The van der Waals surface area contributed by atoms with Crippen LogP contribution >= 0.6 is 11.3 Å². The lowest BCUT2D eigenvalue weighted by atomic mass is 9.97. The number of aromatic hydroxyl groups is 1. The van der Waals surface area contributed by atoms with Crippen molar-refractivity contribution in [3.8, 4) is 5.75 Å². The average molecular weight is 700 g/mol. The molecule has 48 heavy (non-hydrogen) atoms. The van der Waals surface area contributed by atoms with E-state index in [-0.39, 0.29) is 48.0 Å². The maximum absolute atomic E-state index is 14.1. The molecule has 0 saturated carbocycles. The second-order valence-corrected chi connectivity index (χ2v) is 16.2. The molecule has 13 heteroatoms. The topological polar surface area (TPSA) is 143 Å². The summed E-state index contributed by atoms with van der Waals surface area (Å²) in [5, 5.41) is 27.8. The quantitative estimate of drug-likeness (QED) is 0.201. The number of carbonyl (C=O) groups excluding carboxylic acids is 2. The highest BCUT2D eigenvalue weighted by Gasteiger charge is 2.40. The minimum atomic E-state index is -4.07. The Bertz CT molecular complexity index is 1650. The fourth-order valence-corrected chi connectivity index (χ4v) is 8.35. The number of aliphatic hydroxyl groups excluding tert-OH is 1. The highest BCUT2D eigenvalue weighted by atomic mass is 32.2. The van der Waals surface area contributed by atoms with Crippen LogP contribution in [-0.4, -0.2) is 94.0 Å². The zero-order chi connectivity index (χ0) is 35.2. The van der Waals surface area contributed by atoms with Crippen LogP contribution in [0.2, 0.25) is 0 Å². The molecule has 262 valence electrons. The molecule has 2 heterocycles. The Morgan fingerprint density at radius 2 is 1.79 bits per heavy atom. The molecule has 1 aromatic heterocycles. The first-order chi connectivity index (χ1) is 22.7. The number of nitrogens with one attached hydrogen (secondary N) is 1. The molecule has 1 fully saturated rings. The first-order valence-corrected chi connectivity index (χ1v) is 18.8. The largest absolute Gasteiger partial charge is 0.508 e. The number of sulfonamides is 1. The van der Waals surface area contributed by atoms with E-state index in [0.717, 1.165) is 16.3 Å². The Labute approximate surface area is 288 Å². The van der Waals surface area contributed by atoms with Crippen LogP contribution in [0.25, 0.3) is 0 Å². The summed E-state index contributed by atoms with van der Waals surface area (Å²) < 4.78 is 29.1. The van der Waals surface area contributed by atoms with Gasteiger partial charge in [-0.2, -0.15) is 4.31 Å². The van der Waals surface area contributed by atoms with Crippen LogP contribution in [0.1, 0.15) is 56.4 Å². The summed E-state index contributed by atoms with van der Waals surface area (Å²) in [6.07, 6.45) is -0.584. The number of phenolic OH excluding ortho intramolecular Hbond substituents is 1. The number of hydrogen-bond acceptors (Lipinski definition) is 8. The van der Waals surface area contributed by atoms with Gasteiger partial charge in [-0.25, -0.2) is 18.2 Å². The summed E-state index contributed by atoms with van der Waals surface area (Å²) in [6, 6.07) is 11.7. The van der Waals surface area contributed by atoms with Gasteiger partial charge in [-0.3, -0.25) is 4.79 Å². The molecular weight excluding hydrogens is 651 g/mol. The van der Waals surface area contributed by atoms with E-state index in [2.05, 4.69) is 10.3 Å². The van der Waals surface area contributed by atoms with Crippen molar-refractivity contribution in [2.24, 2.45) is 11.8 Å². The van der Waals surface area contributed by atoms with Crippen molar-refractivity contribution in [1.82, 2.24) is 24.4 Å². The highest BCUT2D eigenvalue weighted by molar-refractivity contribution is 7.89. The van der Waals surface area contributed by atoms with Gasteiger partial charge < -0.3 is 25.3 Å². The van der Waals surface area contributed by atoms with E-state index in [0.29, 0.717) is 31.6 Å². The Hall–Kier alpha value is -3.52. The molecule has 0 bridgehead atoms. The van der Waals surface area contributed by atoms with Crippen molar-refractivity contribution >= 4 is 33.3 Å². The number of carbonyl (C=O) groups is 2. The predicted molar refractivity (Wildman–Crippen MR) is 187 cm³/mol. The van der Waals surface area contributed by atoms with E-state index in [1.807, 2.05) is 77.3 Å². The first-order valence-electron chi connectivity index (χ1n) is 16.5. The normalized spacial score (nSPS) is 15.8. The lowest BCUT2D eigenvalue weighted by Gasteiger charge is -2.34. The monoisotopic (exact) mass is 699 g/mol. The zero-order valence-corrected chi connectivity index (χ0v) is 30.3. The van der Waals surface area contributed by atoms with Gasteiger partial charge in [0.25, 0.3) is 0 Å². The fourth-order valence-electron chi connectivity index (χ4n) is 6.07. The number of urea groups is 1. The number of thiazole rings is 1. The lowest BCUT2D eigenvalue weighted by Crippen LogP contribution is -2.57. The molecule has 1 aliphatic rings. The number of hydrogen-bond donors (Lipinski definition) is 3. The second-order valence-electron chi connectivity index (χ2n) is 13.2. The summed E-state index contributed by atoms with van der Waals surface area (Å²) in [6.45, 7) is 12.4. The minimum absolute atomic E-state index is 0.0232. The molecule has 3 atom stereocenters. The first kappa shape index (κ1) is 37.3. The van der Waals surface area contributed by atoms with E-state index in [1.165, 1.54) is 33.8 Å². The molecular formula is C35H49N5O6S2. The molecule has 0 radical (unpaired) electrons. The van der Waals surface area contributed by atoms with Gasteiger partial charge in [0.1, 0.15) is 11.8 Å². The number of nitrogens with zero attached hydrogens (tertiary/aromatic N) is 4. The minimum Gasteiger partial charge on any atom is -0.508 e. The Morgan fingerprint density at radius 1 is 1.08 bits per heavy atom. The number of aromatic nitrogens is 1. The van der Waals surface area contributed by atoms with Crippen LogP contribution in [-0.2, 0) is 34.2 Å². The highest BCUT2D eigenvalue weighted by Crippen LogP contribution is 2.26. The van der Waals surface area contributed by atoms with Crippen molar-refractivity contribution in [3.05, 3.63) is 75.7 Å². The summed E-state index contributed by atoms with van der Waals surface area (Å²) in [5.74, 6) is -0.673. The fraction of sp³-hybridized carbons (Fsp3) is 0.514. The smallest absolute Gasteiger partial charge is 0.321 e.